The van der Waals surface area contributed by atoms with Crippen molar-refractivity contribution >= 4 is 11.7 Å². The number of nitrogens with zero attached hydrogens (tertiary/aromatic N) is 1. The maximum Gasteiger partial charge on any atom is 0.232 e. The first-order valence-electron chi connectivity index (χ1n) is 6.05. The van der Waals surface area contributed by atoms with Gasteiger partial charge < -0.3 is 5.32 Å². The summed E-state index contributed by atoms with van der Waals surface area (Å²) >= 11 is 0. The predicted molar refractivity (Wildman–Crippen MR) is 66.9 cm³/mol. The van der Waals surface area contributed by atoms with Crippen molar-refractivity contribution in [2.45, 2.75) is 13.3 Å². The summed E-state index contributed by atoms with van der Waals surface area (Å²) in [5.74, 6) is 0.686. The van der Waals surface area contributed by atoms with Gasteiger partial charge in [0.05, 0.1) is 12.0 Å². The number of ketones is 1. The zero-order chi connectivity index (χ0) is 12.7. The second-order valence-corrected chi connectivity index (χ2v) is 4.67. The van der Waals surface area contributed by atoms with Gasteiger partial charge in [0.15, 0.2) is 5.78 Å². The smallest absolute Gasteiger partial charge is 0.232 e. The Kier molecular flexibility index (Phi) is 2.44. The van der Waals surface area contributed by atoms with Crippen LogP contribution in [-0.2, 0) is 4.79 Å². The Bertz CT molecular complexity index is 558. The minimum absolute atomic E-state index is 0.0189. The number of amides is 1. The van der Waals surface area contributed by atoms with Crippen molar-refractivity contribution in [3.63, 3.8) is 0 Å². The molecule has 3 rings (SSSR count). The zero-order valence-corrected chi connectivity index (χ0v) is 10.2. The number of benzene rings is 1. The van der Waals surface area contributed by atoms with Crippen LogP contribution in [-0.4, -0.2) is 29.7 Å². The molecule has 1 fully saturated rings. The third-order valence-electron chi connectivity index (χ3n) is 3.40. The highest BCUT2D eigenvalue weighted by Crippen LogP contribution is 2.27. The summed E-state index contributed by atoms with van der Waals surface area (Å²) in [5, 5.41) is 3.12. The van der Waals surface area contributed by atoms with E-state index >= 15 is 0 Å². The number of hydrogen-bond donors (Lipinski definition) is 1. The highest BCUT2D eigenvalue weighted by molar-refractivity contribution is 6.13. The fraction of sp³-hybridized carbons (Fsp3) is 0.286. The second-order valence-electron chi connectivity index (χ2n) is 4.67. The quantitative estimate of drug-likeness (QED) is 0.793. The molecule has 0 unspecified atom stereocenters. The average Bonchev–Trinajstić information content (AvgIpc) is 2.94. The fourth-order valence-corrected chi connectivity index (χ4v) is 2.41. The van der Waals surface area contributed by atoms with Crippen molar-refractivity contribution in [1.29, 1.82) is 0 Å². The molecule has 0 aliphatic carbocycles. The van der Waals surface area contributed by atoms with E-state index in [1.807, 2.05) is 31.2 Å². The van der Waals surface area contributed by atoms with Gasteiger partial charge in [0.1, 0.15) is 5.82 Å². The van der Waals surface area contributed by atoms with Gasteiger partial charge in [-0.3, -0.25) is 14.5 Å². The molecule has 0 bridgehead atoms. The van der Waals surface area contributed by atoms with Crippen LogP contribution >= 0.6 is 0 Å². The van der Waals surface area contributed by atoms with Crippen LogP contribution in [0.3, 0.4) is 0 Å². The Morgan fingerprint density at radius 2 is 2.00 bits per heavy atom. The van der Waals surface area contributed by atoms with Crippen molar-refractivity contribution in [2.24, 2.45) is 0 Å². The standard InChI is InChI=1S/C14H14N2O2/c1-9-2-4-10(5-3-9)13(18)11-8-12(17)16-7-6-15-14(11)16/h2-5,15H,6-8H2,1H3. The summed E-state index contributed by atoms with van der Waals surface area (Å²) in [6.07, 6.45) is 0.217. The molecule has 18 heavy (non-hydrogen) atoms. The monoisotopic (exact) mass is 242 g/mol. The summed E-state index contributed by atoms with van der Waals surface area (Å²) < 4.78 is 0. The lowest BCUT2D eigenvalue weighted by Crippen LogP contribution is -2.21. The number of fused-ring (bicyclic) bond motifs is 1. The van der Waals surface area contributed by atoms with Crippen LogP contribution in [0.25, 0.3) is 0 Å². The van der Waals surface area contributed by atoms with E-state index in [1.54, 1.807) is 4.90 Å². The molecule has 0 spiro atoms. The molecular weight excluding hydrogens is 228 g/mol. The molecule has 4 heteroatoms. The molecule has 4 nitrogen and oxygen atoms in total. The number of Topliss-reactive ketones (excluding diaryl/α,β-unsaturated/α-hetero) is 1. The predicted octanol–water partition coefficient (Wildman–Crippen LogP) is 1.22. The SMILES string of the molecule is Cc1ccc(C(=O)C2=C3NCCN3C(=O)C2)cc1. The summed E-state index contributed by atoms with van der Waals surface area (Å²) in [6, 6.07) is 7.45. The van der Waals surface area contributed by atoms with Crippen LogP contribution in [0, 0.1) is 6.92 Å². The Labute approximate surface area is 105 Å². The summed E-state index contributed by atoms with van der Waals surface area (Å²) in [6.45, 7) is 3.38. The van der Waals surface area contributed by atoms with Crippen LogP contribution in [0.15, 0.2) is 35.7 Å². The van der Waals surface area contributed by atoms with E-state index in [-0.39, 0.29) is 18.1 Å². The molecule has 0 aromatic heterocycles. The highest BCUT2D eigenvalue weighted by Gasteiger charge is 2.36. The Hall–Kier alpha value is -2.10. The highest BCUT2D eigenvalue weighted by atomic mass is 16.2. The van der Waals surface area contributed by atoms with E-state index in [1.165, 1.54) is 0 Å². The van der Waals surface area contributed by atoms with Gasteiger partial charge in [-0.05, 0) is 6.92 Å². The van der Waals surface area contributed by atoms with Crippen molar-refractivity contribution in [3.8, 4) is 0 Å². The van der Waals surface area contributed by atoms with Crippen LogP contribution in [0.4, 0.5) is 0 Å². The molecule has 1 saturated heterocycles. The first kappa shape index (κ1) is 11.0. The molecule has 2 aliphatic rings. The minimum atomic E-state index is -0.0461. The van der Waals surface area contributed by atoms with Gasteiger partial charge in [-0.15, -0.1) is 0 Å². The van der Waals surface area contributed by atoms with E-state index in [0.717, 1.165) is 12.1 Å². The van der Waals surface area contributed by atoms with Gasteiger partial charge in [0.25, 0.3) is 0 Å². The fourth-order valence-electron chi connectivity index (χ4n) is 2.41. The van der Waals surface area contributed by atoms with Crippen LogP contribution in [0.5, 0.6) is 0 Å². The minimum Gasteiger partial charge on any atom is -0.369 e. The molecule has 0 atom stereocenters. The molecular formula is C14H14N2O2. The third kappa shape index (κ3) is 1.61. The van der Waals surface area contributed by atoms with Gasteiger partial charge in [-0.2, -0.15) is 0 Å². The molecule has 0 radical (unpaired) electrons. The summed E-state index contributed by atoms with van der Waals surface area (Å²) in [4.78, 5) is 25.8. The molecule has 1 aromatic carbocycles. The van der Waals surface area contributed by atoms with Gasteiger partial charge in [-0.1, -0.05) is 29.8 Å². The Morgan fingerprint density at radius 3 is 2.72 bits per heavy atom. The largest absolute Gasteiger partial charge is 0.369 e. The number of aryl methyl sites for hydroxylation is 1. The molecule has 2 heterocycles. The number of hydrogen-bond acceptors (Lipinski definition) is 3. The number of carbonyl (C=O) groups excluding carboxylic acids is 2. The van der Waals surface area contributed by atoms with E-state index in [2.05, 4.69) is 5.32 Å². The van der Waals surface area contributed by atoms with Crippen molar-refractivity contribution in [3.05, 3.63) is 46.8 Å². The number of carbonyl (C=O) groups is 2. The van der Waals surface area contributed by atoms with Crippen LogP contribution in [0.2, 0.25) is 0 Å². The topological polar surface area (TPSA) is 49.4 Å². The van der Waals surface area contributed by atoms with Crippen LogP contribution < -0.4 is 5.32 Å². The molecule has 1 aromatic rings. The lowest BCUT2D eigenvalue weighted by Gasteiger charge is -2.08. The molecule has 1 N–H and O–H groups in total. The average molecular weight is 242 g/mol. The van der Waals surface area contributed by atoms with E-state index < -0.39 is 0 Å². The van der Waals surface area contributed by atoms with Gasteiger partial charge in [0, 0.05) is 18.7 Å². The Balaban J connectivity index is 1.96. The normalized spacial score (nSPS) is 18.1. The number of nitrogens with one attached hydrogen (secondary N) is 1. The lowest BCUT2D eigenvalue weighted by molar-refractivity contribution is -0.126. The van der Waals surface area contributed by atoms with Gasteiger partial charge in [-0.25, -0.2) is 0 Å². The van der Waals surface area contributed by atoms with Gasteiger partial charge >= 0.3 is 0 Å². The first-order chi connectivity index (χ1) is 8.66. The van der Waals surface area contributed by atoms with E-state index in [0.29, 0.717) is 23.5 Å². The van der Waals surface area contributed by atoms with E-state index in [9.17, 15) is 9.59 Å². The molecule has 92 valence electrons. The summed E-state index contributed by atoms with van der Waals surface area (Å²) in [5.41, 5.74) is 2.36. The molecule has 1 amide bonds. The van der Waals surface area contributed by atoms with Crippen molar-refractivity contribution < 1.29 is 9.59 Å². The van der Waals surface area contributed by atoms with E-state index in [4.69, 9.17) is 0 Å². The zero-order valence-electron chi connectivity index (χ0n) is 10.2. The van der Waals surface area contributed by atoms with Gasteiger partial charge in [0.2, 0.25) is 5.91 Å². The van der Waals surface area contributed by atoms with Crippen LogP contribution in [0.1, 0.15) is 22.3 Å². The summed E-state index contributed by atoms with van der Waals surface area (Å²) in [7, 11) is 0. The first-order valence-corrected chi connectivity index (χ1v) is 6.05. The number of rotatable bonds is 2. The maximum absolute atomic E-state index is 12.4. The Morgan fingerprint density at radius 1 is 1.28 bits per heavy atom. The lowest BCUT2D eigenvalue weighted by atomic mass is 10.0. The van der Waals surface area contributed by atoms with Crippen molar-refractivity contribution in [2.75, 3.05) is 13.1 Å². The van der Waals surface area contributed by atoms with Crippen molar-refractivity contribution in [1.82, 2.24) is 10.2 Å². The second kappa shape index (κ2) is 3.98. The maximum atomic E-state index is 12.4. The third-order valence-corrected chi connectivity index (χ3v) is 3.40. The molecule has 2 aliphatic heterocycles. The molecule has 0 saturated carbocycles.